The number of nitrogens with zero attached hydrogens (tertiary/aromatic N) is 2. The third-order valence-electron chi connectivity index (χ3n) is 4.70. The van der Waals surface area contributed by atoms with Crippen LogP contribution in [0, 0.1) is 0 Å². The average Bonchev–Trinajstić information content (AvgIpc) is 3.16. The Bertz CT molecular complexity index is 706. The Balaban J connectivity index is 1.48. The standard InChI is InChI=1S/C21H27N3O3/c1-26-12-13-27-20-10-9-18(14-22-20)15-23-21(25)19-8-5-11-24(19)16-17-6-3-2-4-7-17/h2-4,6-7,9-10,14,19H,5,8,11-13,15-16H2,1H3,(H,23,25)/t19-/m1/s1. The Morgan fingerprint density at radius 2 is 2.04 bits per heavy atom. The van der Waals surface area contributed by atoms with Gasteiger partial charge < -0.3 is 14.8 Å². The summed E-state index contributed by atoms with van der Waals surface area (Å²) in [5.74, 6) is 0.649. The highest BCUT2D eigenvalue weighted by Gasteiger charge is 2.30. The number of hydrogen-bond acceptors (Lipinski definition) is 5. The molecule has 144 valence electrons. The summed E-state index contributed by atoms with van der Waals surface area (Å²) < 4.78 is 10.4. The molecule has 0 spiro atoms. The summed E-state index contributed by atoms with van der Waals surface area (Å²) in [6, 6.07) is 14.0. The van der Waals surface area contributed by atoms with Gasteiger partial charge in [0.05, 0.1) is 12.6 Å². The van der Waals surface area contributed by atoms with E-state index in [0.29, 0.717) is 25.6 Å². The quantitative estimate of drug-likeness (QED) is 0.688. The number of amides is 1. The first kappa shape index (κ1) is 19.3. The zero-order valence-corrected chi connectivity index (χ0v) is 15.8. The number of nitrogens with one attached hydrogen (secondary N) is 1. The molecule has 1 aliphatic heterocycles. The van der Waals surface area contributed by atoms with Crippen molar-refractivity contribution in [2.45, 2.75) is 32.0 Å². The molecule has 0 bridgehead atoms. The zero-order chi connectivity index (χ0) is 18.9. The highest BCUT2D eigenvalue weighted by molar-refractivity contribution is 5.82. The molecule has 3 rings (SSSR count). The van der Waals surface area contributed by atoms with E-state index in [4.69, 9.17) is 9.47 Å². The van der Waals surface area contributed by atoms with Crippen molar-refractivity contribution in [2.75, 3.05) is 26.9 Å². The number of aromatic nitrogens is 1. The van der Waals surface area contributed by atoms with Gasteiger partial charge in [0, 0.05) is 32.5 Å². The smallest absolute Gasteiger partial charge is 0.237 e. The van der Waals surface area contributed by atoms with Crippen molar-refractivity contribution < 1.29 is 14.3 Å². The first-order valence-corrected chi connectivity index (χ1v) is 9.38. The highest BCUT2D eigenvalue weighted by atomic mass is 16.5. The molecule has 1 amide bonds. The van der Waals surface area contributed by atoms with Crippen LogP contribution in [0.4, 0.5) is 0 Å². The van der Waals surface area contributed by atoms with Gasteiger partial charge in [-0.1, -0.05) is 36.4 Å². The minimum atomic E-state index is -0.0604. The molecule has 2 heterocycles. The summed E-state index contributed by atoms with van der Waals surface area (Å²) in [5, 5.41) is 3.05. The summed E-state index contributed by atoms with van der Waals surface area (Å²) in [7, 11) is 1.63. The lowest BCUT2D eigenvalue weighted by Crippen LogP contribution is -2.42. The topological polar surface area (TPSA) is 63.7 Å². The van der Waals surface area contributed by atoms with Crippen LogP contribution in [0.5, 0.6) is 5.88 Å². The number of carbonyl (C=O) groups is 1. The molecule has 6 nitrogen and oxygen atoms in total. The third kappa shape index (κ3) is 5.77. The number of pyridine rings is 1. The second-order valence-electron chi connectivity index (χ2n) is 6.68. The number of likely N-dealkylation sites (tertiary alicyclic amines) is 1. The summed E-state index contributed by atoms with van der Waals surface area (Å²) in [6.07, 6.45) is 3.70. The molecule has 0 saturated carbocycles. The Morgan fingerprint density at radius 3 is 2.78 bits per heavy atom. The molecule has 6 heteroatoms. The van der Waals surface area contributed by atoms with E-state index in [0.717, 1.165) is 31.5 Å². The van der Waals surface area contributed by atoms with Crippen LogP contribution in [0.15, 0.2) is 48.7 Å². The molecule has 1 aromatic heterocycles. The lowest BCUT2D eigenvalue weighted by Gasteiger charge is -2.23. The van der Waals surface area contributed by atoms with E-state index in [-0.39, 0.29) is 11.9 Å². The first-order chi connectivity index (χ1) is 13.3. The molecular formula is C21H27N3O3. The van der Waals surface area contributed by atoms with Gasteiger partial charge in [0.2, 0.25) is 11.8 Å². The van der Waals surface area contributed by atoms with Crippen LogP contribution >= 0.6 is 0 Å². The predicted molar refractivity (Wildman–Crippen MR) is 103 cm³/mol. The fourth-order valence-electron chi connectivity index (χ4n) is 3.27. The largest absolute Gasteiger partial charge is 0.475 e. The van der Waals surface area contributed by atoms with E-state index in [1.165, 1.54) is 5.56 Å². The number of rotatable bonds is 9. The van der Waals surface area contributed by atoms with E-state index in [9.17, 15) is 4.79 Å². The molecule has 0 unspecified atom stereocenters. The second kappa shape index (κ2) is 10.0. The van der Waals surface area contributed by atoms with Crippen molar-refractivity contribution in [3.05, 3.63) is 59.8 Å². The molecule has 0 aliphatic carbocycles. The van der Waals surface area contributed by atoms with E-state index in [1.54, 1.807) is 13.3 Å². The summed E-state index contributed by atoms with van der Waals surface area (Å²) in [4.78, 5) is 19.2. The number of hydrogen-bond donors (Lipinski definition) is 1. The highest BCUT2D eigenvalue weighted by Crippen LogP contribution is 2.20. The molecule has 1 N–H and O–H groups in total. The van der Waals surface area contributed by atoms with Crippen molar-refractivity contribution in [2.24, 2.45) is 0 Å². The van der Waals surface area contributed by atoms with Crippen LogP contribution in [-0.2, 0) is 22.6 Å². The van der Waals surface area contributed by atoms with Gasteiger partial charge in [-0.15, -0.1) is 0 Å². The molecule has 1 saturated heterocycles. The number of methoxy groups -OCH3 is 1. The normalized spacial score (nSPS) is 17.0. The zero-order valence-electron chi connectivity index (χ0n) is 15.8. The van der Waals surface area contributed by atoms with Gasteiger partial charge in [-0.3, -0.25) is 9.69 Å². The Hall–Kier alpha value is -2.44. The van der Waals surface area contributed by atoms with E-state index >= 15 is 0 Å². The van der Waals surface area contributed by atoms with Gasteiger partial charge in [-0.2, -0.15) is 0 Å². The maximum absolute atomic E-state index is 12.6. The van der Waals surface area contributed by atoms with Gasteiger partial charge in [0.15, 0.2) is 0 Å². The van der Waals surface area contributed by atoms with Crippen LogP contribution in [0.2, 0.25) is 0 Å². The predicted octanol–water partition coefficient (Wildman–Crippen LogP) is 2.39. The third-order valence-corrected chi connectivity index (χ3v) is 4.70. The molecular weight excluding hydrogens is 342 g/mol. The van der Waals surface area contributed by atoms with Crippen LogP contribution < -0.4 is 10.1 Å². The molecule has 2 aromatic rings. The van der Waals surface area contributed by atoms with Crippen molar-refractivity contribution in [1.29, 1.82) is 0 Å². The lowest BCUT2D eigenvalue weighted by molar-refractivity contribution is -0.125. The van der Waals surface area contributed by atoms with Crippen LogP contribution in [0.3, 0.4) is 0 Å². The lowest BCUT2D eigenvalue weighted by atomic mass is 10.1. The Labute approximate surface area is 160 Å². The van der Waals surface area contributed by atoms with Gasteiger partial charge in [-0.25, -0.2) is 4.98 Å². The van der Waals surface area contributed by atoms with E-state index in [1.807, 2.05) is 30.3 Å². The monoisotopic (exact) mass is 369 g/mol. The van der Waals surface area contributed by atoms with Crippen molar-refractivity contribution >= 4 is 5.91 Å². The van der Waals surface area contributed by atoms with Crippen molar-refractivity contribution in [3.8, 4) is 5.88 Å². The molecule has 1 aliphatic rings. The van der Waals surface area contributed by atoms with Gasteiger partial charge in [-0.05, 0) is 30.5 Å². The fraction of sp³-hybridized carbons (Fsp3) is 0.429. The van der Waals surface area contributed by atoms with Crippen molar-refractivity contribution in [1.82, 2.24) is 15.2 Å². The Kier molecular flexibility index (Phi) is 7.19. The molecule has 1 atom stereocenters. The number of carbonyl (C=O) groups excluding carboxylic acids is 1. The number of benzene rings is 1. The van der Waals surface area contributed by atoms with Crippen LogP contribution in [0.1, 0.15) is 24.0 Å². The SMILES string of the molecule is COCCOc1ccc(CNC(=O)[C@H]2CCCN2Cc2ccccc2)cn1. The average molecular weight is 369 g/mol. The number of ether oxygens (including phenoxy) is 2. The van der Waals surface area contributed by atoms with E-state index in [2.05, 4.69) is 27.3 Å². The first-order valence-electron chi connectivity index (χ1n) is 9.38. The summed E-state index contributed by atoms with van der Waals surface area (Å²) in [6.45, 7) is 3.24. The molecule has 1 fully saturated rings. The van der Waals surface area contributed by atoms with Crippen LogP contribution in [-0.4, -0.2) is 48.7 Å². The maximum Gasteiger partial charge on any atom is 0.237 e. The Morgan fingerprint density at radius 1 is 1.19 bits per heavy atom. The van der Waals surface area contributed by atoms with Gasteiger partial charge >= 0.3 is 0 Å². The molecule has 0 radical (unpaired) electrons. The minimum Gasteiger partial charge on any atom is -0.475 e. The van der Waals surface area contributed by atoms with Gasteiger partial charge in [0.1, 0.15) is 6.61 Å². The van der Waals surface area contributed by atoms with E-state index < -0.39 is 0 Å². The molecule has 1 aromatic carbocycles. The van der Waals surface area contributed by atoms with Crippen LogP contribution in [0.25, 0.3) is 0 Å². The van der Waals surface area contributed by atoms with Gasteiger partial charge in [0.25, 0.3) is 0 Å². The molecule has 27 heavy (non-hydrogen) atoms. The summed E-state index contributed by atoms with van der Waals surface area (Å²) >= 11 is 0. The maximum atomic E-state index is 12.6. The van der Waals surface area contributed by atoms with Crippen molar-refractivity contribution in [3.63, 3.8) is 0 Å². The second-order valence-corrected chi connectivity index (χ2v) is 6.68. The fourth-order valence-corrected chi connectivity index (χ4v) is 3.27. The summed E-state index contributed by atoms with van der Waals surface area (Å²) in [5.41, 5.74) is 2.19. The minimum absolute atomic E-state index is 0.0604.